The van der Waals surface area contributed by atoms with Gasteiger partial charge in [-0.15, -0.1) is 0 Å². The van der Waals surface area contributed by atoms with Crippen molar-refractivity contribution in [2.75, 3.05) is 6.54 Å². The van der Waals surface area contributed by atoms with Crippen molar-refractivity contribution in [2.24, 2.45) is 0 Å². The zero-order valence-electron chi connectivity index (χ0n) is 15.6. The monoisotopic (exact) mass is 374 g/mol. The number of aryl methyl sites for hydroxylation is 2. The van der Waals surface area contributed by atoms with Gasteiger partial charge in [0.05, 0.1) is 28.8 Å². The number of benzene rings is 1. The van der Waals surface area contributed by atoms with Gasteiger partial charge in [-0.3, -0.25) is 0 Å². The molecule has 0 radical (unpaired) electrons. The Hall–Kier alpha value is -3.35. The maximum atomic E-state index is 15.0. The molecular weight excluding hydrogens is 355 g/mol. The van der Waals surface area contributed by atoms with Gasteiger partial charge in [-0.1, -0.05) is 6.08 Å². The second kappa shape index (κ2) is 6.37. The molecule has 1 aromatic carbocycles. The van der Waals surface area contributed by atoms with Crippen LogP contribution < -0.4 is 5.32 Å². The number of rotatable bonds is 2. The topological polar surface area (TPSA) is 68.0 Å². The molecule has 28 heavy (non-hydrogen) atoms. The van der Waals surface area contributed by atoms with Crippen LogP contribution in [0.2, 0.25) is 0 Å². The molecule has 1 N–H and O–H groups in total. The van der Waals surface area contributed by atoms with Gasteiger partial charge in [0.25, 0.3) is 0 Å². The van der Waals surface area contributed by atoms with E-state index in [4.69, 9.17) is 0 Å². The highest BCUT2D eigenvalue weighted by atomic mass is 19.1. The van der Waals surface area contributed by atoms with Crippen LogP contribution in [0.3, 0.4) is 0 Å². The Kier molecular flexibility index (Phi) is 3.82. The summed E-state index contributed by atoms with van der Waals surface area (Å²) in [4.78, 5) is 4.46. The normalized spacial score (nSPS) is 16.6. The van der Waals surface area contributed by atoms with Crippen molar-refractivity contribution in [2.45, 2.75) is 26.2 Å². The molecule has 1 aliphatic heterocycles. The fourth-order valence-corrected chi connectivity index (χ4v) is 3.68. The number of fused-ring (bicyclic) bond motifs is 2. The van der Waals surface area contributed by atoms with Crippen molar-refractivity contribution >= 4 is 16.6 Å². The van der Waals surface area contributed by atoms with E-state index in [0.717, 1.165) is 35.6 Å². The van der Waals surface area contributed by atoms with Crippen LogP contribution in [0.25, 0.3) is 27.8 Å². The number of imidazole rings is 1. The Bertz CT molecular complexity index is 1240. The molecular formula is C21H19FN6. The molecule has 140 valence electrons. The van der Waals surface area contributed by atoms with E-state index in [1.54, 1.807) is 4.52 Å². The molecule has 4 heterocycles. The Labute approximate surface area is 161 Å². The van der Waals surface area contributed by atoms with Crippen LogP contribution in [-0.2, 0) is 0 Å². The van der Waals surface area contributed by atoms with E-state index in [1.165, 1.54) is 6.07 Å². The quantitative estimate of drug-likeness (QED) is 0.580. The van der Waals surface area contributed by atoms with Gasteiger partial charge in [-0.2, -0.15) is 15.3 Å². The predicted molar refractivity (Wildman–Crippen MR) is 105 cm³/mol. The zero-order valence-corrected chi connectivity index (χ0v) is 15.6. The van der Waals surface area contributed by atoms with E-state index in [9.17, 15) is 4.39 Å². The Morgan fingerprint density at radius 2 is 2.04 bits per heavy atom. The number of hydrogen-bond donors (Lipinski definition) is 1. The molecule has 1 aliphatic rings. The van der Waals surface area contributed by atoms with E-state index >= 15 is 0 Å². The second-order valence-electron chi connectivity index (χ2n) is 7.23. The molecule has 0 aliphatic carbocycles. The minimum Gasteiger partial charge on any atom is -0.391 e. The summed E-state index contributed by atoms with van der Waals surface area (Å²) in [7, 11) is 0. The average Bonchev–Trinajstić information content (AvgIpc) is 3.09. The Morgan fingerprint density at radius 3 is 2.86 bits per heavy atom. The van der Waals surface area contributed by atoms with E-state index in [2.05, 4.69) is 25.6 Å². The lowest BCUT2D eigenvalue weighted by molar-refractivity contribution is 0.630. The maximum absolute atomic E-state index is 15.0. The second-order valence-corrected chi connectivity index (χ2v) is 7.23. The summed E-state index contributed by atoms with van der Waals surface area (Å²) >= 11 is 0. The van der Waals surface area contributed by atoms with Crippen molar-refractivity contribution in [3.8, 4) is 11.3 Å². The van der Waals surface area contributed by atoms with Crippen molar-refractivity contribution in [1.29, 1.82) is 0 Å². The van der Waals surface area contributed by atoms with Crippen LogP contribution in [0.4, 0.5) is 4.39 Å². The number of allylic oxidation sites excluding steroid dienone is 1. The van der Waals surface area contributed by atoms with Crippen molar-refractivity contribution in [3.63, 3.8) is 0 Å². The van der Waals surface area contributed by atoms with Gasteiger partial charge in [-0.05, 0) is 56.3 Å². The van der Waals surface area contributed by atoms with Crippen LogP contribution in [0, 0.1) is 19.7 Å². The van der Waals surface area contributed by atoms with Crippen LogP contribution in [-0.4, -0.2) is 31.3 Å². The summed E-state index contributed by atoms with van der Waals surface area (Å²) in [6.07, 6.45) is 6.74. The molecule has 0 amide bonds. The van der Waals surface area contributed by atoms with E-state index in [0.29, 0.717) is 22.2 Å². The molecule has 4 aromatic rings. The molecule has 0 saturated carbocycles. The fourth-order valence-electron chi connectivity index (χ4n) is 3.68. The highest BCUT2D eigenvalue weighted by Gasteiger charge is 2.16. The van der Waals surface area contributed by atoms with E-state index in [-0.39, 0.29) is 11.7 Å². The standard InChI is InChI=1S/C21H19FN6/c1-12-7-19(27-28-11-13(2)24-21(12)28)15-8-17(22)16-10-18(25-26-20(16)9-15)14-3-5-23-6-4-14/h3,5,7-11,14,23H,4,6H2,1-2H3. The summed E-state index contributed by atoms with van der Waals surface area (Å²) in [5, 5.41) is 16.9. The van der Waals surface area contributed by atoms with Gasteiger partial charge in [0, 0.05) is 23.4 Å². The smallest absolute Gasteiger partial charge is 0.156 e. The van der Waals surface area contributed by atoms with Crippen LogP contribution in [0.15, 0.2) is 42.7 Å². The molecule has 6 nitrogen and oxygen atoms in total. The first-order valence-electron chi connectivity index (χ1n) is 9.29. The molecule has 1 unspecified atom stereocenters. The predicted octanol–water partition coefficient (Wildman–Crippen LogP) is 3.69. The SMILES string of the molecule is Cc1cn2nc(-c3cc(F)c4cc(C5C=CNCC5)nnc4c3)cc(C)c2n1. The number of hydrogen-bond acceptors (Lipinski definition) is 5. The van der Waals surface area contributed by atoms with Gasteiger partial charge >= 0.3 is 0 Å². The highest BCUT2D eigenvalue weighted by Crippen LogP contribution is 2.29. The third-order valence-corrected chi connectivity index (χ3v) is 5.12. The molecule has 7 heteroatoms. The maximum Gasteiger partial charge on any atom is 0.156 e. The summed E-state index contributed by atoms with van der Waals surface area (Å²) in [6.45, 7) is 4.78. The van der Waals surface area contributed by atoms with Gasteiger partial charge < -0.3 is 5.32 Å². The minimum absolute atomic E-state index is 0.161. The van der Waals surface area contributed by atoms with Gasteiger partial charge in [0.2, 0.25) is 0 Å². The van der Waals surface area contributed by atoms with Gasteiger partial charge in [-0.25, -0.2) is 13.9 Å². The molecule has 0 saturated heterocycles. The molecule has 0 bridgehead atoms. The third kappa shape index (κ3) is 2.79. The van der Waals surface area contributed by atoms with Crippen LogP contribution in [0.5, 0.6) is 0 Å². The first-order valence-corrected chi connectivity index (χ1v) is 9.29. The molecule has 0 spiro atoms. The van der Waals surface area contributed by atoms with E-state index < -0.39 is 0 Å². The van der Waals surface area contributed by atoms with Crippen molar-refractivity contribution in [3.05, 3.63) is 65.5 Å². The molecule has 1 atom stereocenters. The van der Waals surface area contributed by atoms with Crippen molar-refractivity contribution < 1.29 is 4.39 Å². The number of nitrogens with zero attached hydrogens (tertiary/aromatic N) is 5. The first-order chi connectivity index (χ1) is 13.6. The largest absolute Gasteiger partial charge is 0.391 e. The average molecular weight is 374 g/mol. The summed E-state index contributed by atoms with van der Waals surface area (Å²) in [5.41, 5.74) is 5.35. The van der Waals surface area contributed by atoms with Crippen LogP contribution in [0.1, 0.15) is 29.3 Å². The Morgan fingerprint density at radius 1 is 1.14 bits per heavy atom. The number of halogens is 1. The van der Waals surface area contributed by atoms with Crippen LogP contribution >= 0.6 is 0 Å². The Balaban J connectivity index is 1.61. The first kappa shape index (κ1) is 16.8. The van der Waals surface area contributed by atoms with E-state index in [1.807, 2.05) is 50.5 Å². The minimum atomic E-state index is -0.317. The summed E-state index contributed by atoms with van der Waals surface area (Å²) in [5.74, 6) is -0.156. The molecule has 5 rings (SSSR count). The lowest BCUT2D eigenvalue weighted by Crippen LogP contribution is -2.17. The number of nitrogens with one attached hydrogen (secondary N) is 1. The lowest BCUT2D eigenvalue weighted by atomic mass is 9.97. The third-order valence-electron chi connectivity index (χ3n) is 5.12. The number of aromatic nitrogens is 5. The fraction of sp³-hybridized carbons (Fsp3) is 0.238. The molecule has 0 fully saturated rings. The highest BCUT2D eigenvalue weighted by molar-refractivity contribution is 5.84. The summed E-state index contributed by atoms with van der Waals surface area (Å²) in [6, 6.07) is 7.08. The summed E-state index contributed by atoms with van der Waals surface area (Å²) < 4.78 is 16.7. The lowest BCUT2D eigenvalue weighted by Gasteiger charge is -2.16. The van der Waals surface area contributed by atoms with Crippen molar-refractivity contribution in [1.82, 2.24) is 30.1 Å². The zero-order chi connectivity index (χ0) is 19.3. The molecule has 3 aromatic heterocycles. The van der Waals surface area contributed by atoms with Gasteiger partial charge in [0.15, 0.2) is 5.65 Å². The van der Waals surface area contributed by atoms with Gasteiger partial charge in [0.1, 0.15) is 5.82 Å².